The number of nitrogens with zero attached hydrogens (tertiary/aromatic N) is 3. The van der Waals surface area contributed by atoms with Gasteiger partial charge in [-0.15, -0.1) is 0 Å². The second kappa shape index (κ2) is 7.21. The van der Waals surface area contributed by atoms with Gasteiger partial charge in [-0.2, -0.15) is 0 Å². The lowest BCUT2D eigenvalue weighted by Gasteiger charge is -2.08. The average Bonchev–Trinajstić information content (AvgIpc) is 2.61. The van der Waals surface area contributed by atoms with E-state index in [0.717, 1.165) is 18.2 Å². The lowest BCUT2D eigenvalue weighted by atomic mass is 10.1. The third kappa shape index (κ3) is 3.69. The van der Waals surface area contributed by atoms with Gasteiger partial charge in [0.1, 0.15) is 17.0 Å². The molecule has 1 N–H and O–H groups in total. The first kappa shape index (κ1) is 18.3. The Morgan fingerprint density at radius 3 is 2.12 bits per heavy atom. The number of benzene rings is 2. The van der Waals surface area contributed by atoms with Crippen LogP contribution < -0.4 is 10.1 Å². The highest BCUT2D eigenvalue weighted by Gasteiger charge is 2.26. The van der Waals surface area contributed by atoms with Gasteiger partial charge in [0.25, 0.3) is 23.0 Å². The van der Waals surface area contributed by atoms with Crippen LogP contribution in [-0.2, 0) is 0 Å². The maximum absolute atomic E-state index is 12.3. The number of amides is 1. The molecule has 0 radical (unpaired) electrons. The first-order chi connectivity index (χ1) is 12.2. The van der Waals surface area contributed by atoms with Gasteiger partial charge in [-0.1, -0.05) is 0 Å². The normalized spacial score (nSPS) is 10.0. The summed E-state index contributed by atoms with van der Waals surface area (Å²) in [5.41, 5.74) is -2.54. The number of anilines is 1. The van der Waals surface area contributed by atoms with Crippen LogP contribution in [0.4, 0.5) is 22.7 Å². The molecule has 2 rings (SSSR count). The molecule has 0 atom stereocenters. The minimum absolute atomic E-state index is 0.177. The molecule has 2 aromatic carbocycles. The van der Waals surface area contributed by atoms with E-state index in [1.165, 1.54) is 19.2 Å². The molecule has 0 saturated heterocycles. The smallest absolute Gasteiger partial charge is 0.296 e. The Morgan fingerprint density at radius 2 is 1.58 bits per heavy atom. The third-order valence-corrected chi connectivity index (χ3v) is 3.28. The fourth-order valence-electron chi connectivity index (χ4n) is 2.06. The number of methoxy groups -OCH3 is 1. The monoisotopic (exact) mass is 362 g/mol. The van der Waals surface area contributed by atoms with E-state index in [0.29, 0.717) is 6.07 Å². The van der Waals surface area contributed by atoms with Crippen LogP contribution in [0.2, 0.25) is 0 Å². The quantitative estimate of drug-likeness (QED) is 0.604. The summed E-state index contributed by atoms with van der Waals surface area (Å²) in [5.74, 6) is -0.851. The molecule has 0 fully saturated rings. The number of nitro benzene ring substituents is 3. The first-order valence-corrected chi connectivity index (χ1v) is 6.81. The summed E-state index contributed by atoms with van der Waals surface area (Å²) in [6, 6.07) is 6.08. The molecule has 1 amide bonds. The van der Waals surface area contributed by atoms with E-state index in [1.807, 2.05) is 0 Å². The maximum atomic E-state index is 12.3. The van der Waals surface area contributed by atoms with Crippen LogP contribution >= 0.6 is 0 Å². The number of hydrogen-bond donors (Lipinski definition) is 1. The summed E-state index contributed by atoms with van der Waals surface area (Å²) in [4.78, 5) is 42.7. The second-order valence-electron chi connectivity index (χ2n) is 4.81. The van der Waals surface area contributed by atoms with Crippen molar-refractivity contribution in [3.8, 4) is 5.75 Å². The minimum atomic E-state index is -1.03. The molecule has 0 spiro atoms. The van der Waals surface area contributed by atoms with E-state index >= 15 is 0 Å². The number of carbonyl (C=O) groups is 1. The molecule has 0 aliphatic carbocycles. The zero-order valence-electron chi connectivity index (χ0n) is 13.1. The topological polar surface area (TPSA) is 168 Å². The van der Waals surface area contributed by atoms with Crippen LogP contribution in [0, 0.1) is 30.3 Å². The zero-order chi connectivity index (χ0) is 19.4. The third-order valence-electron chi connectivity index (χ3n) is 3.28. The Kier molecular flexibility index (Phi) is 5.06. The van der Waals surface area contributed by atoms with Crippen LogP contribution in [0.15, 0.2) is 36.4 Å². The molecule has 0 saturated carbocycles. The first-order valence-electron chi connectivity index (χ1n) is 6.81. The second-order valence-corrected chi connectivity index (χ2v) is 4.81. The molecule has 0 aromatic heterocycles. The molecule has 0 aliphatic rings. The van der Waals surface area contributed by atoms with E-state index in [4.69, 9.17) is 4.74 Å². The van der Waals surface area contributed by atoms with Crippen molar-refractivity contribution >= 4 is 28.7 Å². The minimum Gasteiger partial charge on any atom is -0.496 e. The van der Waals surface area contributed by atoms with Crippen molar-refractivity contribution < 1.29 is 24.3 Å². The average molecular weight is 362 g/mol. The van der Waals surface area contributed by atoms with Crippen molar-refractivity contribution in [1.29, 1.82) is 0 Å². The van der Waals surface area contributed by atoms with Gasteiger partial charge < -0.3 is 10.1 Å². The fourth-order valence-corrected chi connectivity index (χ4v) is 2.06. The number of nitrogens with one attached hydrogen (secondary N) is 1. The number of ether oxygens (including phenoxy) is 1. The summed E-state index contributed by atoms with van der Waals surface area (Å²) >= 11 is 0. The van der Waals surface area contributed by atoms with Gasteiger partial charge in [-0.05, 0) is 18.2 Å². The summed E-state index contributed by atoms with van der Waals surface area (Å²) in [5, 5.41) is 35.1. The predicted octanol–water partition coefficient (Wildman–Crippen LogP) is 2.67. The van der Waals surface area contributed by atoms with E-state index in [1.54, 1.807) is 0 Å². The Bertz CT molecular complexity index is 927. The van der Waals surface area contributed by atoms with Gasteiger partial charge >= 0.3 is 0 Å². The maximum Gasteiger partial charge on any atom is 0.296 e. The Hall–Kier alpha value is -4.09. The van der Waals surface area contributed by atoms with Crippen LogP contribution in [0.25, 0.3) is 0 Å². The summed E-state index contributed by atoms with van der Waals surface area (Å²) in [7, 11) is 1.30. The predicted molar refractivity (Wildman–Crippen MR) is 87.4 cm³/mol. The van der Waals surface area contributed by atoms with Crippen LogP contribution in [0.1, 0.15) is 10.4 Å². The van der Waals surface area contributed by atoms with Crippen molar-refractivity contribution in [3.63, 3.8) is 0 Å². The number of carbonyl (C=O) groups excluding carboxylic acids is 1. The van der Waals surface area contributed by atoms with Gasteiger partial charge in [-0.3, -0.25) is 35.1 Å². The van der Waals surface area contributed by atoms with Crippen molar-refractivity contribution in [2.24, 2.45) is 0 Å². The molecule has 12 heteroatoms. The van der Waals surface area contributed by atoms with Gasteiger partial charge in [0.05, 0.1) is 34.0 Å². The lowest BCUT2D eigenvalue weighted by molar-refractivity contribution is -0.394. The number of non-ortho nitro benzene ring substituents is 1. The standard InChI is InChI=1S/C14H10N4O8/c1-26-9-3-5-11(13(7-9)18(24)25)15-14(19)10-4-2-8(16(20)21)6-12(10)17(22)23/h2-7H,1H3,(H,15,19). The lowest BCUT2D eigenvalue weighted by Crippen LogP contribution is -2.15. The van der Waals surface area contributed by atoms with Gasteiger partial charge in [0.2, 0.25) is 0 Å². The van der Waals surface area contributed by atoms with Crippen molar-refractivity contribution in [3.05, 3.63) is 72.3 Å². The largest absolute Gasteiger partial charge is 0.496 e. The number of rotatable bonds is 6. The number of hydrogen-bond acceptors (Lipinski definition) is 8. The molecule has 134 valence electrons. The van der Waals surface area contributed by atoms with Gasteiger partial charge in [0.15, 0.2) is 0 Å². The van der Waals surface area contributed by atoms with Crippen LogP contribution in [-0.4, -0.2) is 27.8 Å². The highest BCUT2D eigenvalue weighted by molar-refractivity contribution is 6.08. The summed E-state index contributed by atoms with van der Waals surface area (Å²) in [6.45, 7) is 0. The summed E-state index contributed by atoms with van der Waals surface area (Å²) < 4.78 is 4.87. The van der Waals surface area contributed by atoms with E-state index in [2.05, 4.69) is 5.32 Å². The molecular formula is C14H10N4O8. The highest BCUT2D eigenvalue weighted by atomic mass is 16.6. The molecule has 0 unspecified atom stereocenters. The van der Waals surface area contributed by atoms with E-state index < -0.39 is 43.3 Å². The van der Waals surface area contributed by atoms with Crippen LogP contribution in [0.5, 0.6) is 5.75 Å². The van der Waals surface area contributed by atoms with Gasteiger partial charge in [0, 0.05) is 6.07 Å². The SMILES string of the molecule is COc1ccc(NC(=O)c2ccc([N+](=O)[O-])cc2[N+](=O)[O-])c([N+](=O)[O-])c1. The molecule has 12 nitrogen and oxygen atoms in total. The van der Waals surface area contributed by atoms with Crippen molar-refractivity contribution in [2.75, 3.05) is 12.4 Å². The Morgan fingerprint density at radius 1 is 0.923 bits per heavy atom. The number of nitro groups is 3. The zero-order valence-corrected chi connectivity index (χ0v) is 13.1. The fraction of sp³-hybridized carbons (Fsp3) is 0.0714. The van der Waals surface area contributed by atoms with Crippen molar-refractivity contribution in [2.45, 2.75) is 0 Å². The highest BCUT2D eigenvalue weighted by Crippen LogP contribution is 2.31. The van der Waals surface area contributed by atoms with Gasteiger partial charge in [-0.25, -0.2) is 0 Å². The molecule has 26 heavy (non-hydrogen) atoms. The Labute approximate surface area is 144 Å². The molecule has 2 aromatic rings. The molecule has 0 heterocycles. The van der Waals surface area contributed by atoms with E-state index in [-0.39, 0.29) is 11.4 Å². The molecule has 0 bridgehead atoms. The molecular weight excluding hydrogens is 352 g/mol. The molecule has 0 aliphatic heterocycles. The van der Waals surface area contributed by atoms with Crippen molar-refractivity contribution in [1.82, 2.24) is 0 Å². The van der Waals surface area contributed by atoms with Crippen LogP contribution in [0.3, 0.4) is 0 Å². The van der Waals surface area contributed by atoms with E-state index in [9.17, 15) is 35.1 Å². The Balaban J connectivity index is 2.44. The summed E-state index contributed by atoms with van der Waals surface area (Å²) in [6.07, 6.45) is 0.